The molecule has 2 atom stereocenters. The number of aliphatic hydroxyl groups excluding tert-OH is 1. The van der Waals surface area contributed by atoms with Crippen molar-refractivity contribution in [1.82, 2.24) is 10.2 Å². The van der Waals surface area contributed by atoms with E-state index in [-0.39, 0.29) is 22.6 Å². The van der Waals surface area contributed by atoms with Crippen LogP contribution >= 0.6 is 34.7 Å². The molecule has 4 aromatic carbocycles. The first kappa shape index (κ1) is 31.0. The van der Waals surface area contributed by atoms with Crippen molar-refractivity contribution in [3.63, 3.8) is 0 Å². The van der Waals surface area contributed by atoms with Crippen molar-refractivity contribution in [3.05, 3.63) is 135 Å². The number of ether oxygens (including phenoxy) is 2. The zero-order valence-corrected chi connectivity index (χ0v) is 27.5. The highest BCUT2D eigenvalue weighted by Gasteiger charge is 2.48. The summed E-state index contributed by atoms with van der Waals surface area (Å²) in [5, 5.41) is 21.3. The zero-order chi connectivity index (χ0) is 32.5. The van der Waals surface area contributed by atoms with Gasteiger partial charge in [0.1, 0.15) is 30.0 Å². The number of carbonyl (C=O) groups is 2. The Balaban J connectivity index is 1.25. The Labute approximate surface area is 284 Å². The first-order valence-corrected chi connectivity index (χ1v) is 17.1. The molecule has 3 heterocycles. The van der Waals surface area contributed by atoms with E-state index in [9.17, 15) is 14.7 Å². The lowest BCUT2D eigenvalue weighted by atomic mass is 9.94. The maximum absolute atomic E-state index is 13.8. The molecule has 7 rings (SSSR count). The molecule has 2 aliphatic heterocycles. The van der Waals surface area contributed by atoms with Crippen LogP contribution in [0.2, 0.25) is 5.02 Å². The van der Waals surface area contributed by atoms with Crippen LogP contribution in [0.5, 0.6) is 11.5 Å². The third-order valence-electron chi connectivity index (χ3n) is 7.91. The van der Waals surface area contributed by atoms with Crippen molar-refractivity contribution >= 4 is 57.3 Å². The fourth-order valence-electron chi connectivity index (χ4n) is 5.67. The van der Waals surface area contributed by atoms with Gasteiger partial charge in [-0.3, -0.25) is 14.5 Å². The van der Waals surface area contributed by atoms with Crippen molar-refractivity contribution in [2.24, 2.45) is 0 Å². The predicted molar refractivity (Wildman–Crippen MR) is 183 cm³/mol. The molecule has 236 valence electrons. The number of hydrogen-bond acceptors (Lipinski definition) is 9. The fourth-order valence-corrected chi connectivity index (χ4v) is 7.62. The van der Waals surface area contributed by atoms with Gasteiger partial charge in [0.25, 0.3) is 5.78 Å². The van der Waals surface area contributed by atoms with Gasteiger partial charge in [-0.25, -0.2) is 0 Å². The van der Waals surface area contributed by atoms with Crippen molar-refractivity contribution < 1.29 is 24.2 Å². The number of rotatable bonds is 9. The predicted octanol–water partition coefficient (Wildman–Crippen LogP) is 8.01. The summed E-state index contributed by atoms with van der Waals surface area (Å²) in [6, 6.07) is 28.8. The standard InChI is InChI=1S/C36H28ClN3O5S2/c1-21-16-26-17-25(12-15-29(26)45-21)32(41)30-31(24-8-5-9-28(18-24)44-19-22-6-3-2-4-7-22)40(34(43)33(30)42)35-38-39-36(47-35)46-20-23-10-13-27(37)14-11-23/h2-15,17-18,21,31,41H,16,19-20H2,1H3/b32-30+/t21-,31+/m1/s1. The highest BCUT2D eigenvalue weighted by Crippen LogP contribution is 2.45. The number of aliphatic hydroxyl groups is 1. The van der Waals surface area contributed by atoms with Gasteiger partial charge in [0, 0.05) is 22.8 Å². The summed E-state index contributed by atoms with van der Waals surface area (Å²) < 4.78 is 12.6. The van der Waals surface area contributed by atoms with E-state index in [0.29, 0.717) is 45.0 Å². The number of Topliss-reactive ketones (excluding diaryl/α,β-unsaturated/α-hetero) is 1. The Morgan fingerprint density at radius 1 is 1.00 bits per heavy atom. The Kier molecular flexibility index (Phi) is 8.72. The Bertz CT molecular complexity index is 2000. The average Bonchev–Trinajstić information content (AvgIpc) is 3.78. The maximum Gasteiger partial charge on any atom is 0.301 e. The van der Waals surface area contributed by atoms with Crippen molar-refractivity contribution in [3.8, 4) is 11.5 Å². The second kappa shape index (κ2) is 13.2. The number of hydrogen-bond donors (Lipinski definition) is 1. The third kappa shape index (κ3) is 6.49. The van der Waals surface area contributed by atoms with Crippen LogP contribution in [0.3, 0.4) is 0 Å². The van der Waals surface area contributed by atoms with Gasteiger partial charge in [0.05, 0.1) is 11.6 Å². The van der Waals surface area contributed by atoms with Crippen molar-refractivity contribution in [2.45, 2.75) is 42.2 Å². The molecule has 0 spiro atoms. The third-order valence-corrected chi connectivity index (χ3v) is 10.3. The Morgan fingerprint density at radius 3 is 2.62 bits per heavy atom. The van der Waals surface area contributed by atoms with Crippen LogP contribution in [-0.2, 0) is 28.4 Å². The van der Waals surface area contributed by atoms with E-state index in [2.05, 4.69) is 10.2 Å². The van der Waals surface area contributed by atoms with Crippen LogP contribution < -0.4 is 14.4 Å². The lowest BCUT2D eigenvalue weighted by Crippen LogP contribution is -2.29. The largest absolute Gasteiger partial charge is 0.507 e. The second-order valence-corrected chi connectivity index (χ2v) is 13.9. The monoisotopic (exact) mass is 681 g/mol. The van der Waals surface area contributed by atoms with E-state index in [1.165, 1.54) is 28.0 Å². The van der Waals surface area contributed by atoms with Gasteiger partial charge in [-0.15, -0.1) is 10.2 Å². The fraction of sp³-hybridized carbons (Fsp3) is 0.167. The highest BCUT2D eigenvalue weighted by atomic mass is 35.5. The molecule has 1 aromatic heterocycles. The van der Waals surface area contributed by atoms with E-state index >= 15 is 0 Å². The number of fused-ring (bicyclic) bond motifs is 1. The molecule has 0 aliphatic carbocycles. The molecule has 8 nitrogen and oxygen atoms in total. The minimum absolute atomic E-state index is 0.00997. The number of carbonyl (C=O) groups excluding carboxylic acids is 2. The number of anilines is 1. The molecule has 1 saturated heterocycles. The normalized spacial score (nSPS) is 18.3. The number of ketones is 1. The van der Waals surface area contributed by atoms with Crippen molar-refractivity contribution in [2.75, 3.05) is 4.90 Å². The number of halogens is 1. The topological polar surface area (TPSA) is 102 Å². The number of nitrogens with zero attached hydrogens (tertiary/aromatic N) is 3. The highest BCUT2D eigenvalue weighted by molar-refractivity contribution is 8.00. The van der Waals surface area contributed by atoms with E-state index in [1.807, 2.05) is 79.7 Å². The summed E-state index contributed by atoms with van der Waals surface area (Å²) in [4.78, 5) is 28.9. The molecule has 0 saturated carbocycles. The average molecular weight is 682 g/mol. The van der Waals surface area contributed by atoms with Crippen LogP contribution in [0.25, 0.3) is 5.76 Å². The summed E-state index contributed by atoms with van der Waals surface area (Å²) >= 11 is 8.70. The van der Waals surface area contributed by atoms with Crippen LogP contribution in [0.15, 0.2) is 107 Å². The zero-order valence-electron chi connectivity index (χ0n) is 25.1. The van der Waals surface area contributed by atoms with E-state index in [1.54, 1.807) is 24.3 Å². The van der Waals surface area contributed by atoms with Gasteiger partial charge in [0.15, 0.2) is 4.34 Å². The first-order valence-electron chi connectivity index (χ1n) is 14.9. The molecular formula is C36H28ClN3O5S2. The quantitative estimate of drug-likeness (QED) is 0.0549. The molecule has 0 unspecified atom stereocenters. The second-order valence-electron chi connectivity index (χ2n) is 11.2. The summed E-state index contributed by atoms with van der Waals surface area (Å²) in [5.41, 5.74) is 3.95. The van der Waals surface area contributed by atoms with Crippen LogP contribution in [0.4, 0.5) is 5.13 Å². The first-order chi connectivity index (χ1) is 22.8. The lowest BCUT2D eigenvalue weighted by molar-refractivity contribution is -0.132. The summed E-state index contributed by atoms with van der Waals surface area (Å²) in [7, 11) is 0. The molecule has 5 aromatic rings. The van der Waals surface area contributed by atoms with Gasteiger partial charge in [-0.1, -0.05) is 89.3 Å². The number of thioether (sulfide) groups is 1. The Morgan fingerprint density at radius 2 is 1.81 bits per heavy atom. The van der Waals surface area contributed by atoms with Gasteiger partial charge < -0.3 is 14.6 Å². The smallest absolute Gasteiger partial charge is 0.301 e. The molecular weight excluding hydrogens is 654 g/mol. The van der Waals surface area contributed by atoms with Crippen LogP contribution in [0, 0.1) is 0 Å². The van der Waals surface area contributed by atoms with Crippen LogP contribution in [0.1, 0.15) is 40.8 Å². The van der Waals surface area contributed by atoms with Gasteiger partial charge in [-0.05, 0) is 71.6 Å². The number of amides is 1. The molecule has 2 aliphatic rings. The summed E-state index contributed by atoms with van der Waals surface area (Å²) in [5.74, 6) is 0.0456. The molecule has 11 heteroatoms. The maximum atomic E-state index is 13.8. The van der Waals surface area contributed by atoms with Gasteiger partial charge >= 0.3 is 5.91 Å². The van der Waals surface area contributed by atoms with E-state index in [4.69, 9.17) is 21.1 Å². The molecule has 1 fully saturated rings. The molecule has 0 radical (unpaired) electrons. The Hall–Kier alpha value is -4.64. The SMILES string of the molecule is C[C@@H]1Cc2cc(/C(O)=C3\C(=O)C(=O)N(c4nnc(SCc5ccc(Cl)cc5)s4)[C@H]3c3cccc(OCc4ccccc4)c3)ccc2O1. The molecule has 1 N–H and O–H groups in total. The van der Waals surface area contributed by atoms with E-state index in [0.717, 1.165) is 22.4 Å². The molecule has 0 bridgehead atoms. The van der Waals surface area contributed by atoms with Crippen molar-refractivity contribution in [1.29, 1.82) is 0 Å². The molecule has 47 heavy (non-hydrogen) atoms. The lowest BCUT2D eigenvalue weighted by Gasteiger charge is -2.23. The van der Waals surface area contributed by atoms with Gasteiger partial charge in [0.2, 0.25) is 5.13 Å². The summed E-state index contributed by atoms with van der Waals surface area (Å²) in [6.07, 6.45) is 0.687. The van der Waals surface area contributed by atoms with E-state index < -0.39 is 17.7 Å². The minimum atomic E-state index is -0.972. The summed E-state index contributed by atoms with van der Waals surface area (Å²) in [6.45, 7) is 2.31. The minimum Gasteiger partial charge on any atom is -0.507 e. The molecule has 1 amide bonds. The van der Waals surface area contributed by atoms with Gasteiger partial charge in [-0.2, -0.15) is 0 Å². The number of aromatic nitrogens is 2. The number of benzene rings is 4. The van der Waals surface area contributed by atoms with Crippen LogP contribution in [-0.4, -0.2) is 33.1 Å².